The molecule has 0 aliphatic rings. The molecule has 2 N–H and O–H groups in total. The van der Waals surface area contributed by atoms with Crippen LogP contribution in [0.1, 0.15) is 0 Å². The van der Waals surface area contributed by atoms with Crippen molar-refractivity contribution in [3.8, 4) is 5.81 Å². The Morgan fingerprint density at radius 3 is 1.71 bits per heavy atom. The van der Waals surface area contributed by atoms with E-state index in [4.69, 9.17) is 15.0 Å². The summed E-state index contributed by atoms with van der Waals surface area (Å²) in [5, 5.41) is 7.39. The fourth-order valence-electron chi connectivity index (χ4n) is 0. The summed E-state index contributed by atoms with van der Waals surface area (Å²) in [6.07, 6.45) is 0. The summed E-state index contributed by atoms with van der Waals surface area (Å²) < 4.78 is 9.33. The molecule has 0 aromatic carbocycles. The second-order valence-corrected chi connectivity index (χ2v) is 1.93. The van der Waals surface area contributed by atoms with Crippen LogP contribution >= 0.6 is 20.0 Å². The standard InChI is InChI=1S/CH2NO3P.ClH/c2-1-6(3,4)5;/h(H2,3,4,5);1H. The number of hydrogen-bond acceptors (Lipinski definition) is 2. The van der Waals surface area contributed by atoms with Crippen molar-refractivity contribution in [1.82, 2.24) is 0 Å². The fraction of sp³-hybridized carbons (Fsp3) is 0. The van der Waals surface area contributed by atoms with Gasteiger partial charge in [-0.3, -0.25) is 0 Å². The van der Waals surface area contributed by atoms with E-state index >= 15 is 0 Å². The summed E-state index contributed by atoms with van der Waals surface area (Å²) in [7, 11) is -4.34. The van der Waals surface area contributed by atoms with Gasteiger partial charge in [-0.15, -0.1) is 12.4 Å². The fourth-order valence-corrected chi connectivity index (χ4v) is 0. The highest BCUT2D eigenvalue weighted by Gasteiger charge is 2.06. The van der Waals surface area contributed by atoms with Gasteiger partial charge in [-0.25, -0.2) is 4.57 Å². The lowest BCUT2D eigenvalue weighted by Gasteiger charge is -1.80. The zero-order valence-electron chi connectivity index (χ0n) is 3.11. The first-order valence-corrected chi connectivity index (χ1v) is 2.64. The molecule has 42 valence electrons. The second-order valence-electron chi connectivity index (χ2n) is 0.644. The lowest BCUT2D eigenvalue weighted by atomic mass is 11.8. The summed E-state index contributed by atoms with van der Waals surface area (Å²) >= 11 is 0. The molecule has 0 unspecified atom stereocenters. The first-order valence-electron chi connectivity index (χ1n) is 1.03. The van der Waals surface area contributed by atoms with E-state index in [1.807, 2.05) is 0 Å². The Balaban J connectivity index is 0. The van der Waals surface area contributed by atoms with Gasteiger partial charge in [0.2, 0.25) is 0 Å². The molecule has 0 aliphatic carbocycles. The van der Waals surface area contributed by atoms with Crippen molar-refractivity contribution in [2.45, 2.75) is 0 Å². The van der Waals surface area contributed by atoms with Crippen molar-refractivity contribution in [2.24, 2.45) is 0 Å². The van der Waals surface area contributed by atoms with E-state index in [2.05, 4.69) is 0 Å². The Morgan fingerprint density at radius 2 is 1.71 bits per heavy atom. The number of nitrogens with zero attached hydrogens (tertiary/aromatic N) is 1. The van der Waals surface area contributed by atoms with E-state index in [0.717, 1.165) is 5.81 Å². The first-order chi connectivity index (χ1) is 2.56. The van der Waals surface area contributed by atoms with Crippen molar-refractivity contribution in [2.75, 3.05) is 0 Å². The molecule has 0 aliphatic heterocycles. The molecule has 7 heavy (non-hydrogen) atoms. The summed E-state index contributed by atoms with van der Waals surface area (Å²) in [5.41, 5.74) is 0. The van der Waals surface area contributed by atoms with Crippen LogP contribution in [0.3, 0.4) is 0 Å². The first kappa shape index (κ1) is 10.0. The Labute approximate surface area is 46.3 Å². The Bertz CT molecular complexity index is 121. The zero-order valence-corrected chi connectivity index (χ0v) is 4.82. The highest BCUT2D eigenvalue weighted by Crippen LogP contribution is 2.30. The van der Waals surface area contributed by atoms with Crippen molar-refractivity contribution in [3.05, 3.63) is 0 Å². The van der Waals surface area contributed by atoms with Gasteiger partial charge in [0.25, 0.3) is 0 Å². The molecular weight excluding hydrogens is 140 g/mol. The minimum atomic E-state index is -4.34. The summed E-state index contributed by atoms with van der Waals surface area (Å²) in [6, 6.07) is 0. The topological polar surface area (TPSA) is 81.3 Å². The number of halogens is 1. The third kappa shape index (κ3) is 10.7. The largest absolute Gasteiger partial charge is 0.426 e. The molecule has 0 aromatic rings. The van der Waals surface area contributed by atoms with Gasteiger partial charge in [-0.2, -0.15) is 5.26 Å². The van der Waals surface area contributed by atoms with E-state index in [1.165, 1.54) is 0 Å². The van der Waals surface area contributed by atoms with Crippen molar-refractivity contribution in [1.29, 1.82) is 5.26 Å². The number of hydrogen-bond donors (Lipinski definition) is 2. The molecule has 0 aromatic heterocycles. The van der Waals surface area contributed by atoms with Crippen LogP contribution in [0.5, 0.6) is 0 Å². The van der Waals surface area contributed by atoms with Crippen LogP contribution in [0, 0.1) is 11.1 Å². The van der Waals surface area contributed by atoms with Crippen LogP contribution in [-0.2, 0) is 4.57 Å². The predicted octanol–water partition coefficient (Wildman–Crippen LogP) is 0.0670. The van der Waals surface area contributed by atoms with Crippen molar-refractivity contribution < 1.29 is 14.4 Å². The highest BCUT2D eigenvalue weighted by molar-refractivity contribution is 7.57. The second kappa shape index (κ2) is 3.00. The molecule has 0 atom stereocenters. The van der Waals surface area contributed by atoms with Crippen molar-refractivity contribution >= 4 is 20.0 Å². The molecule has 6 heteroatoms. The Morgan fingerprint density at radius 1 is 1.57 bits per heavy atom. The summed E-state index contributed by atoms with van der Waals surface area (Å²) in [6.45, 7) is 0. The zero-order chi connectivity index (χ0) is 5.21. The molecule has 0 amide bonds. The van der Waals surface area contributed by atoms with Gasteiger partial charge in [0, 0.05) is 0 Å². The molecule has 0 heterocycles. The minimum Gasteiger partial charge on any atom is -0.314 e. The molecule has 0 fully saturated rings. The van der Waals surface area contributed by atoms with Crippen LogP contribution in [0.2, 0.25) is 0 Å². The molecule has 0 saturated heterocycles. The van der Waals surface area contributed by atoms with Gasteiger partial charge < -0.3 is 9.79 Å². The third-order valence-corrected chi connectivity index (χ3v) is 0.391. The van der Waals surface area contributed by atoms with E-state index in [9.17, 15) is 4.57 Å². The SMILES string of the molecule is Cl.N#CP(=O)(O)O. The maximum absolute atomic E-state index is 9.33. The van der Waals surface area contributed by atoms with Crippen molar-refractivity contribution in [3.63, 3.8) is 0 Å². The quantitative estimate of drug-likeness (QED) is 0.470. The highest BCUT2D eigenvalue weighted by atomic mass is 35.5. The van der Waals surface area contributed by atoms with Crippen LogP contribution < -0.4 is 0 Å². The maximum atomic E-state index is 9.33. The predicted molar refractivity (Wildman–Crippen MR) is 24.9 cm³/mol. The average molecular weight is 143 g/mol. The average Bonchev–Trinajstić information content (AvgIpc) is 1.35. The molecule has 0 spiro atoms. The third-order valence-electron chi connectivity index (χ3n) is 0.130. The van der Waals surface area contributed by atoms with E-state index in [-0.39, 0.29) is 12.4 Å². The molecule has 0 rings (SSSR count). The van der Waals surface area contributed by atoms with Gasteiger partial charge in [0.1, 0.15) is 0 Å². The lowest BCUT2D eigenvalue weighted by molar-refractivity contribution is 0.388. The smallest absolute Gasteiger partial charge is 0.314 e. The normalized spacial score (nSPS) is 8.71. The molecule has 0 radical (unpaired) electrons. The summed E-state index contributed by atoms with van der Waals surface area (Å²) in [4.78, 5) is 15.2. The van der Waals surface area contributed by atoms with Gasteiger partial charge >= 0.3 is 7.60 Å². The van der Waals surface area contributed by atoms with E-state index in [0.29, 0.717) is 0 Å². The van der Waals surface area contributed by atoms with E-state index < -0.39 is 7.60 Å². The lowest BCUT2D eigenvalue weighted by Crippen LogP contribution is -1.64. The van der Waals surface area contributed by atoms with Gasteiger partial charge in [-0.1, -0.05) is 0 Å². The van der Waals surface area contributed by atoms with Crippen LogP contribution in [0.4, 0.5) is 0 Å². The van der Waals surface area contributed by atoms with Gasteiger partial charge in [0.15, 0.2) is 5.81 Å². The number of nitriles is 1. The van der Waals surface area contributed by atoms with Crippen LogP contribution in [0.15, 0.2) is 0 Å². The van der Waals surface area contributed by atoms with E-state index in [1.54, 1.807) is 0 Å². The molecule has 0 bridgehead atoms. The monoisotopic (exact) mass is 143 g/mol. The number of rotatable bonds is 0. The minimum absolute atomic E-state index is 0. The summed E-state index contributed by atoms with van der Waals surface area (Å²) in [5.74, 6) is 0.771. The Hall–Kier alpha value is -0.0700. The molecule has 4 nitrogen and oxygen atoms in total. The maximum Gasteiger partial charge on any atom is 0.426 e. The molecular formula is CH3ClNO3P. The van der Waals surface area contributed by atoms with Crippen LogP contribution in [-0.4, -0.2) is 9.79 Å². The van der Waals surface area contributed by atoms with Gasteiger partial charge in [0.05, 0.1) is 0 Å². The van der Waals surface area contributed by atoms with Gasteiger partial charge in [-0.05, 0) is 0 Å². The molecule has 0 saturated carbocycles. The Kier molecular flexibility index (Phi) is 4.30. The van der Waals surface area contributed by atoms with Crippen LogP contribution in [0.25, 0.3) is 0 Å².